The molecule has 0 radical (unpaired) electrons. The van der Waals surface area contributed by atoms with E-state index >= 15 is 0 Å². The van der Waals surface area contributed by atoms with Crippen LogP contribution in [0.15, 0.2) is 72.8 Å². The number of carbonyl (C=O) groups is 2. The minimum Gasteiger partial charge on any atom is -0.497 e. The molecule has 0 saturated heterocycles. The molecule has 0 bridgehead atoms. The quantitative estimate of drug-likeness (QED) is 0.675. The van der Waals surface area contributed by atoms with Crippen molar-refractivity contribution in [1.82, 2.24) is 4.90 Å². The Labute approximate surface area is 181 Å². The van der Waals surface area contributed by atoms with Gasteiger partial charge < -0.3 is 19.7 Å². The predicted octanol–water partition coefficient (Wildman–Crippen LogP) is 4.25. The zero-order chi connectivity index (χ0) is 22.0. The number of fused-ring (bicyclic) bond motifs is 1. The lowest BCUT2D eigenvalue weighted by Crippen LogP contribution is -2.44. The number of carbonyl (C=O) groups excluding carboxylic acids is 2. The third-order valence-corrected chi connectivity index (χ3v) is 5.68. The zero-order valence-electron chi connectivity index (χ0n) is 17.7. The molecule has 158 valence electrons. The first kappa shape index (κ1) is 20.5. The van der Waals surface area contributed by atoms with Gasteiger partial charge >= 0.3 is 0 Å². The number of nitrogens with one attached hydrogen (secondary N) is 1. The lowest BCUT2D eigenvalue weighted by molar-refractivity contribution is -0.119. The van der Waals surface area contributed by atoms with Crippen LogP contribution < -0.4 is 14.8 Å². The van der Waals surface area contributed by atoms with Crippen LogP contribution in [0, 0.1) is 0 Å². The van der Waals surface area contributed by atoms with Gasteiger partial charge in [-0.25, -0.2) is 0 Å². The first-order valence-electron chi connectivity index (χ1n) is 9.99. The fourth-order valence-electron chi connectivity index (χ4n) is 4.13. The minimum absolute atomic E-state index is 0.113. The summed E-state index contributed by atoms with van der Waals surface area (Å²) in [6.07, 6.45) is 0. The van der Waals surface area contributed by atoms with Crippen molar-refractivity contribution in [3.05, 3.63) is 89.5 Å². The summed E-state index contributed by atoms with van der Waals surface area (Å²) >= 11 is 0. The van der Waals surface area contributed by atoms with Gasteiger partial charge in [-0.05, 0) is 41.5 Å². The number of hydrogen-bond acceptors (Lipinski definition) is 4. The van der Waals surface area contributed by atoms with Gasteiger partial charge in [0.05, 0.1) is 31.9 Å². The highest BCUT2D eigenvalue weighted by Crippen LogP contribution is 2.43. The van der Waals surface area contributed by atoms with Gasteiger partial charge in [-0.2, -0.15) is 0 Å². The summed E-state index contributed by atoms with van der Waals surface area (Å²) in [6, 6.07) is 21.5. The van der Waals surface area contributed by atoms with Crippen LogP contribution in [-0.2, 0) is 4.79 Å². The smallest absolute Gasteiger partial charge is 0.254 e. The van der Waals surface area contributed by atoms with E-state index in [1.807, 2.05) is 54.6 Å². The monoisotopic (exact) mass is 416 g/mol. The molecule has 3 aromatic carbocycles. The molecule has 6 nitrogen and oxygen atoms in total. The molecule has 1 heterocycles. The van der Waals surface area contributed by atoms with Gasteiger partial charge in [-0.1, -0.05) is 42.5 Å². The standard InChI is InChI=1S/C25H24N2O4/c1-27-23(16-12-14-17(30-2)15-13-16)22(18-8-4-5-9-19(18)25(27)29)24(28)26-20-10-6-7-11-21(20)31-3/h4-15,22-23H,1-3H3,(H,26,28)/t22-,23+/m1/s1. The second kappa shape index (κ2) is 8.52. The van der Waals surface area contributed by atoms with Gasteiger partial charge in [0.2, 0.25) is 5.91 Å². The van der Waals surface area contributed by atoms with E-state index in [4.69, 9.17) is 9.47 Å². The van der Waals surface area contributed by atoms with Crippen LogP contribution in [-0.4, -0.2) is 38.0 Å². The Morgan fingerprint density at radius 2 is 1.58 bits per heavy atom. The number of likely N-dealkylation sites (N-methyl/N-ethyl adjacent to an activating group) is 1. The van der Waals surface area contributed by atoms with Crippen molar-refractivity contribution < 1.29 is 19.1 Å². The molecule has 31 heavy (non-hydrogen) atoms. The number of rotatable bonds is 5. The number of para-hydroxylation sites is 2. The molecular formula is C25H24N2O4. The van der Waals surface area contributed by atoms with Gasteiger partial charge in [-0.15, -0.1) is 0 Å². The Balaban J connectivity index is 1.80. The SMILES string of the molecule is COc1ccc([C@H]2[C@H](C(=O)Nc3ccccc3OC)c3ccccc3C(=O)N2C)cc1. The predicted molar refractivity (Wildman–Crippen MR) is 119 cm³/mol. The average molecular weight is 416 g/mol. The van der Waals surface area contributed by atoms with Crippen molar-refractivity contribution >= 4 is 17.5 Å². The number of methoxy groups -OCH3 is 2. The molecule has 0 saturated carbocycles. The maximum Gasteiger partial charge on any atom is 0.254 e. The summed E-state index contributed by atoms with van der Waals surface area (Å²) in [7, 11) is 4.90. The maximum absolute atomic E-state index is 13.6. The van der Waals surface area contributed by atoms with Gasteiger partial charge in [-0.3, -0.25) is 9.59 Å². The Morgan fingerprint density at radius 1 is 0.903 bits per heavy atom. The molecule has 3 aromatic rings. The number of ether oxygens (including phenoxy) is 2. The second-order valence-electron chi connectivity index (χ2n) is 7.39. The Hall–Kier alpha value is -3.80. The molecule has 0 aliphatic carbocycles. The summed E-state index contributed by atoms with van der Waals surface area (Å²) in [5, 5.41) is 3.00. The molecule has 1 aliphatic rings. The fraction of sp³-hybridized carbons (Fsp3) is 0.200. The topological polar surface area (TPSA) is 67.9 Å². The first-order chi connectivity index (χ1) is 15.0. The second-order valence-corrected chi connectivity index (χ2v) is 7.39. The van der Waals surface area contributed by atoms with Crippen molar-refractivity contribution in [2.24, 2.45) is 0 Å². The van der Waals surface area contributed by atoms with Crippen LogP contribution in [0.25, 0.3) is 0 Å². The summed E-state index contributed by atoms with van der Waals surface area (Å²) in [6.45, 7) is 0. The molecule has 1 N–H and O–H groups in total. The Kier molecular flexibility index (Phi) is 5.62. The number of nitrogens with zero attached hydrogens (tertiary/aromatic N) is 1. The third kappa shape index (κ3) is 3.72. The number of hydrogen-bond donors (Lipinski definition) is 1. The van der Waals surface area contributed by atoms with Crippen LogP contribution in [0.3, 0.4) is 0 Å². The van der Waals surface area contributed by atoms with Gasteiger partial charge in [0, 0.05) is 12.6 Å². The van der Waals surface area contributed by atoms with Crippen LogP contribution in [0.1, 0.15) is 33.4 Å². The lowest BCUT2D eigenvalue weighted by Gasteiger charge is -2.39. The maximum atomic E-state index is 13.6. The fourth-order valence-corrected chi connectivity index (χ4v) is 4.13. The van der Waals surface area contributed by atoms with E-state index in [9.17, 15) is 9.59 Å². The normalized spacial score (nSPS) is 17.6. The highest BCUT2D eigenvalue weighted by atomic mass is 16.5. The van der Waals surface area contributed by atoms with Crippen molar-refractivity contribution in [3.63, 3.8) is 0 Å². The van der Waals surface area contributed by atoms with E-state index in [-0.39, 0.29) is 11.8 Å². The molecule has 4 rings (SSSR count). The molecule has 0 aromatic heterocycles. The Bertz CT molecular complexity index is 1110. The summed E-state index contributed by atoms with van der Waals surface area (Å²) < 4.78 is 10.7. The van der Waals surface area contributed by atoms with E-state index in [0.717, 1.165) is 5.56 Å². The molecule has 2 amide bonds. The van der Waals surface area contributed by atoms with E-state index in [2.05, 4.69) is 5.32 Å². The summed E-state index contributed by atoms with van der Waals surface area (Å²) in [5.41, 5.74) is 2.68. The molecule has 6 heteroatoms. The summed E-state index contributed by atoms with van der Waals surface area (Å²) in [4.78, 5) is 28.4. The first-order valence-corrected chi connectivity index (χ1v) is 9.99. The largest absolute Gasteiger partial charge is 0.497 e. The van der Waals surface area contributed by atoms with Crippen LogP contribution in [0.4, 0.5) is 5.69 Å². The lowest BCUT2D eigenvalue weighted by atomic mass is 9.79. The molecule has 0 spiro atoms. The van der Waals surface area contributed by atoms with Crippen molar-refractivity contribution in [2.45, 2.75) is 12.0 Å². The van der Waals surface area contributed by atoms with Crippen LogP contribution in [0.2, 0.25) is 0 Å². The number of amides is 2. The highest BCUT2D eigenvalue weighted by Gasteiger charge is 2.42. The average Bonchev–Trinajstić information content (AvgIpc) is 2.81. The highest BCUT2D eigenvalue weighted by molar-refractivity contribution is 6.04. The van der Waals surface area contributed by atoms with Crippen molar-refractivity contribution in [2.75, 3.05) is 26.6 Å². The van der Waals surface area contributed by atoms with Crippen molar-refractivity contribution in [1.29, 1.82) is 0 Å². The van der Waals surface area contributed by atoms with E-state index in [0.29, 0.717) is 28.3 Å². The van der Waals surface area contributed by atoms with E-state index in [1.54, 1.807) is 44.4 Å². The molecule has 0 unspecified atom stereocenters. The van der Waals surface area contributed by atoms with E-state index < -0.39 is 12.0 Å². The minimum atomic E-state index is -0.600. The Morgan fingerprint density at radius 3 is 2.29 bits per heavy atom. The van der Waals surface area contributed by atoms with Crippen LogP contribution >= 0.6 is 0 Å². The van der Waals surface area contributed by atoms with Gasteiger partial charge in [0.15, 0.2) is 0 Å². The van der Waals surface area contributed by atoms with Gasteiger partial charge in [0.1, 0.15) is 11.5 Å². The number of anilines is 1. The van der Waals surface area contributed by atoms with Crippen molar-refractivity contribution in [3.8, 4) is 11.5 Å². The molecular weight excluding hydrogens is 392 g/mol. The van der Waals surface area contributed by atoms with Crippen LogP contribution in [0.5, 0.6) is 11.5 Å². The molecule has 2 atom stereocenters. The van der Waals surface area contributed by atoms with E-state index in [1.165, 1.54) is 0 Å². The van der Waals surface area contributed by atoms with Gasteiger partial charge in [0.25, 0.3) is 5.91 Å². The third-order valence-electron chi connectivity index (χ3n) is 5.68. The molecule has 1 aliphatic heterocycles. The summed E-state index contributed by atoms with van der Waals surface area (Å²) in [5.74, 6) is 0.362. The zero-order valence-corrected chi connectivity index (χ0v) is 17.7. The number of benzene rings is 3. The molecule has 0 fully saturated rings.